The molecule has 1 aliphatic heterocycles. The molecule has 0 bridgehead atoms. The molecule has 1 aromatic carbocycles. The minimum Gasteiger partial charge on any atom is -0.379 e. The SMILES string of the molecule is CC1C=Cc2cc(C#N)ccc2N1. The van der Waals surface area contributed by atoms with Crippen LogP contribution in [0.25, 0.3) is 6.08 Å². The Labute approximate surface area is 77.5 Å². The highest BCUT2D eigenvalue weighted by atomic mass is 14.9. The summed E-state index contributed by atoms with van der Waals surface area (Å²) in [6, 6.07) is 8.18. The highest BCUT2D eigenvalue weighted by molar-refractivity contribution is 5.72. The zero-order chi connectivity index (χ0) is 9.26. The molecule has 2 nitrogen and oxygen atoms in total. The lowest BCUT2D eigenvalue weighted by molar-refractivity contribution is 0.992. The van der Waals surface area contributed by atoms with Gasteiger partial charge in [-0.2, -0.15) is 5.26 Å². The normalized spacial score (nSPS) is 18.6. The highest BCUT2D eigenvalue weighted by Crippen LogP contribution is 2.23. The Hall–Kier alpha value is -1.75. The number of nitriles is 1. The van der Waals surface area contributed by atoms with E-state index >= 15 is 0 Å². The van der Waals surface area contributed by atoms with E-state index in [-0.39, 0.29) is 0 Å². The molecule has 0 radical (unpaired) electrons. The first-order chi connectivity index (χ1) is 6.29. The molecule has 0 amide bonds. The number of fused-ring (bicyclic) bond motifs is 1. The van der Waals surface area contributed by atoms with E-state index in [2.05, 4.69) is 30.5 Å². The van der Waals surface area contributed by atoms with Crippen molar-refractivity contribution in [2.45, 2.75) is 13.0 Å². The first-order valence-electron chi connectivity index (χ1n) is 4.28. The van der Waals surface area contributed by atoms with Gasteiger partial charge in [-0.1, -0.05) is 12.2 Å². The molecule has 1 aliphatic rings. The molecule has 1 unspecified atom stereocenters. The van der Waals surface area contributed by atoms with E-state index < -0.39 is 0 Å². The average Bonchev–Trinajstić information content (AvgIpc) is 2.17. The van der Waals surface area contributed by atoms with Crippen molar-refractivity contribution in [3.63, 3.8) is 0 Å². The first-order valence-corrected chi connectivity index (χ1v) is 4.28. The van der Waals surface area contributed by atoms with Gasteiger partial charge in [0.25, 0.3) is 0 Å². The van der Waals surface area contributed by atoms with Crippen molar-refractivity contribution in [1.82, 2.24) is 0 Å². The zero-order valence-electron chi connectivity index (χ0n) is 7.41. The number of nitrogens with one attached hydrogen (secondary N) is 1. The highest BCUT2D eigenvalue weighted by Gasteiger charge is 2.08. The molecule has 0 aliphatic carbocycles. The molecular formula is C11H10N2. The number of hydrogen-bond donors (Lipinski definition) is 1. The summed E-state index contributed by atoms with van der Waals surface area (Å²) in [4.78, 5) is 0. The van der Waals surface area contributed by atoms with Gasteiger partial charge in [-0.3, -0.25) is 0 Å². The lowest BCUT2D eigenvalue weighted by atomic mass is 10.0. The van der Waals surface area contributed by atoms with Crippen LogP contribution in [0.5, 0.6) is 0 Å². The Bertz CT molecular complexity index is 399. The van der Waals surface area contributed by atoms with Gasteiger partial charge < -0.3 is 5.32 Å². The molecule has 0 saturated carbocycles. The summed E-state index contributed by atoms with van der Waals surface area (Å²) >= 11 is 0. The molecule has 64 valence electrons. The summed E-state index contributed by atoms with van der Waals surface area (Å²) in [5.41, 5.74) is 2.91. The summed E-state index contributed by atoms with van der Waals surface area (Å²) in [5.74, 6) is 0. The van der Waals surface area contributed by atoms with Crippen molar-refractivity contribution in [3.8, 4) is 6.07 Å². The maximum absolute atomic E-state index is 8.70. The molecule has 2 rings (SSSR count). The van der Waals surface area contributed by atoms with Gasteiger partial charge >= 0.3 is 0 Å². The van der Waals surface area contributed by atoms with Gasteiger partial charge in [-0.15, -0.1) is 0 Å². The van der Waals surface area contributed by atoms with Crippen molar-refractivity contribution < 1.29 is 0 Å². The van der Waals surface area contributed by atoms with Crippen LogP contribution >= 0.6 is 0 Å². The van der Waals surface area contributed by atoms with E-state index in [4.69, 9.17) is 5.26 Å². The predicted octanol–water partition coefficient (Wildman–Crippen LogP) is 2.39. The summed E-state index contributed by atoms with van der Waals surface area (Å²) < 4.78 is 0. The number of benzene rings is 1. The largest absolute Gasteiger partial charge is 0.379 e. The van der Waals surface area contributed by atoms with E-state index in [9.17, 15) is 0 Å². The predicted molar refractivity (Wildman–Crippen MR) is 53.3 cm³/mol. The maximum atomic E-state index is 8.70. The topological polar surface area (TPSA) is 35.8 Å². The lowest BCUT2D eigenvalue weighted by Crippen LogP contribution is -2.15. The Morgan fingerprint density at radius 1 is 1.46 bits per heavy atom. The smallest absolute Gasteiger partial charge is 0.0991 e. The maximum Gasteiger partial charge on any atom is 0.0991 e. The van der Waals surface area contributed by atoms with Crippen LogP contribution in [-0.2, 0) is 0 Å². The molecule has 0 aromatic heterocycles. The second kappa shape index (κ2) is 2.95. The fourth-order valence-electron chi connectivity index (χ4n) is 1.44. The Morgan fingerprint density at radius 2 is 2.31 bits per heavy atom. The van der Waals surface area contributed by atoms with E-state index in [0.717, 1.165) is 11.3 Å². The Morgan fingerprint density at radius 3 is 3.08 bits per heavy atom. The molecular weight excluding hydrogens is 160 g/mol. The van der Waals surface area contributed by atoms with E-state index in [1.54, 1.807) is 0 Å². The molecule has 1 atom stereocenters. The average molecular weight is 170 g/mol. The fourth-order valence-corrected chi connectivity index (χ4v) is 1.44. The van der Waals surface area contributed by atoms with Crippen LogP contribution in [-0.4, -0.2) is 6.04 Å². The standard InChI is InChI=1S/C11H10N2/c1-8-2-4-10-6-9(7-12)3-5-11(10)13-8/h2-6,8,13H,1H3. The zero-order valence-corrected chi connectivity index (χ0v) is 7.41. The minimum absolute atomic E-state index is 0.375. The number of rotatable bonds is 0. The first kappa shape index (κ1) is 7.88. The number of hydrogen-bond acceptors (Lipinski definition) is 2. The van der Waals surface area contributed by atoms with Crippen LogP contribution in [0.4, 0.5) is 5.69 Å². The van der Waals surface area contributed by atoms with Crippen molar-refractivity contribution in [3.05, 3.63) is 35.4 Å². The number of nitrogens with zero attached hydrogens (tertiary/aromatic N) is 1. The summed E-state index contributed by atoms with van der Waals surface area (Å²) in [5, 5.41) is 12.0. The molecule has 0 saturated heterocycles. The third-order valence-corrected chi connectivity index (χ3v) is 2.13. The van der Waals surface area contributed by atoms with Crippen LogP contribution in [0.3, 0.4) is 0 Å². The van der Waals surface area contributed by atoms with Crippen LogP contribution in [0.15, 0.2) is 24.3 Å². The fraction of sp³-hybridized carbons (Fsp3) is 0.182. The molecule has 0 spiro atoms. The Balaban J connectivity index is 2.47. The van der Waals surface area contributed by atoms with Gasteiger partial charge in [-0.05, 0) is 30.7 Å². The van der Waals surface area contributed by atoms with Gasteiger partial charge in [0.05, 0.1) is 11.6 Å². The van der Waals surface area contributed by atoms with Gasteiger partial charge in [0.15, 0.2) is 0 Å². The summed E-state index contributed by atoms with van der Waals surface area (Å²) in [6.45, 7) is 2.09. The van der Waals surface area contributed by atoms with Crippen LogP contribution < -0.4 is 5.32 Å². The monoisotopic (exact) mass is 170 g/mol. The lowest BCUT2D eigenvalue weighted by Gasteiger charge is -2.18. The second-order valence-corrected chi connectivity index (χ2v) is 3.21. The van der Waals surface area contributed by atoms with Gasteiger partial charge in [-0.25, -0.2) is 0 Å². The van der Waals surface area contributed by atoms with Crippen molar-refractivity contribution in [2.75, 3.05) is 5.32 Å². The van der Waals surface area contributed by atoms with Crippen molar-refractivity contribution in [1.29, 1.82) is 5.26 Å². The second-order valence-electron chi connectivity index (χ2n) is 3.21. The molecule has 1 heterocycles. The van der Waals surface area contributed by atoms with E-state index in [1.165, 1.54) is 0 Å². The third kappa shape index (κ3) is 1.41. The van der Waals surface area contributed by atoms with E-state index in [1.807, 2.05) is 18.2 Å². The third-order valence-electron chi connectivity index (χ3n) is 2.13. The molecule has 2 heteroatoms. The van der Waals surface area contributed by atoms with Gasteiger partial charge in [0, 0.05) is 11.7 Å². The van der Waals surface area contributed by atoms with Crippen molar-refractivity contribution in [2.24, 2.45) is 0 Å². The summed E-state index contributed by atoms with van der Waals surface area (Å²) in [6.07, 6.45) is 4.14. The minimum atomic E-state index is 0.375. The quantitative estimate of drug-likeness (QED) is 0.648. The molecule has 13 heavy (non-hydrogen) atoms. The van der Waals surface area contributed by atoms with Crippen LogP contribution in [0, 0.1) is 11.3 Å². The van der Waals surface area contributed by atoms with Crippen molar-refractivity contribution >= 4 is 11.8 Å². The molecule has 1 aromatic rings. The van der Waals surface area contributed by atoms with Gasteiger partial charge in [0.2, 0.25) is 0 Å². The van der Waals surface area contributed by atoms with Gasteiger partial charge in [0.1, 0.15) is 0 Å². The molecule has 0 fully saturated rings. The number of anilines is 1. The van der Waals surface area contributed by atoms with Crippen LogP contribution in [0.1, 0.15) is 18.1 Å². The van der Waals surface area contributed by atoms with E-state index in [0.29, 0.717) is 11.6 Å². The summed E-state index contributed by atoms with van der Waals surface area (Å²) in [7, 11) is 0. The Kier molecular flexibility index (Phi) is 1.79. The van der Waals surface area contributed by atoms with Crippen LogP contribution in [0.2, 0.25) is 0 Å². The molecule has 1 N–H and O–H groups in total.